The van der Waals surface area contributed by atoms with E-state index in [1.54, 1.807) is 11.6 Å². The molecule has 0 aliphatic rings. The summed E-state index contributed by atoms with van der Waals surface area (Å²) in [6.07, 6.45) is 0. The lowest BCUT2D eigenvalue weighted by Crippen LogP contribution is -2.12. The number of nitrogens with zero attached hydrogens (tertiary/aromatic N) is 4. The molecule has 86 valence electrons. The van der Waals surface area contributed by atoms with E-state index in [1.807, 2.05) is 13.1 Å². The van der Waals surface area contributed by atoms with Gasteiger partial charge in [0.25, 0.3) is 5.89 Å². The Bertz CT molecular complexity index is 504. The van der Waals surface area contributed by atoms with Gasteiger partial charge in [0.2, 0.25) is 0 Å². The van der Waals surface area contributed by atoms with E-state index in [4.69, 9.17) is 4.52 Å². The highest BCUT2D eigenvalue weighted by molar-refractivity contribution is 5.48. The summed E-state index contributed by atoms with van der Waals surface area (Å²) in [5.74, 6) is 1.15. The smallest absolute Gasteiger partial charge is 0.276 e. The molecule has 0 aliphatic heterocycles. The van der Waals surface area contributed by atoms with Crippen molar-refractivity contribution >= 4 is 0 Å². The lowest BCUT2D eigenvalue weighted by molar-refractivity contribution is 0.422. The van der Waals surface area contributed by atoms with Crippen molar-refractivity contribution in [3.63, 3.8) is 0 Å². The zero-order valence-corrected chi connectivity index (χ0v) is 10.3. The van der Waals surface area contributed by atoms with E-state index in [9.17, 15) is 0 Å². The minimum Gasteiger partial charge on any atom is -0.332 e. The quantitative estimate of drug-likeness (QED) is 0.738. The fraction of sp³-hybridized carbons (Fsp3) is 0.545. The minimum atomic E-state index is 0.0189. The van der Waals surface area contributed by atoms with E-state index >= 15 is 0 Å². The Morgan fingerprint density at radius 3 is 2.44 bits per heavy atom. The third kappa shape index (κ3) is 1.85. The Hall–Kier alpha value is -1.65. The molecule has 5 heteroatoms. The molecule has 2 aromatic rings. The second-order valence-electron chi connectivity index (χ2n) is 4.94. The topological polar surface area (TPSA) is 56.7 Å². The Balaban J connectivity index is 2.47. The van der Waals surface area contributed by atoms with Crippen LogP contribution < -0.4 is 0 Å². The van der Waals surface area contributed by atoms with Crippen molar-refractivity contribution in [2.24, 2.45) is 7.05 Å². The molecule has 0 atom stereocenters. The maximum absolute atomic E-state index is 5.14. The van der Waals surface area contributed by atoms with E-state index < -0.39 is 0 Å². The number of aryl methyl sites for hydroxylation is 2. The van der Waals surface area contributed by atoms with Crippen LogP contribution in [-0.2, 0) is 12.5 Å². The molecule has 0 bridgehead atoms. The lowest BCUT2D eigenvalue weighted by Gasteiger charge is -2.13. The highest BCUT2D eigenvalue weighted by Crippen LogP contribution is 2.25. The summed E-state index contributed by atoms with van der Waals surface area (Å²) in [7, 11) is 1.88. The zero-order chi connectivity index (χ0) is 11.9. The summed E-state index contributed by atoms with van der Waals surface area (Å²) in [6.45, 7) is 8.17. The van der Waals surface area contributed by atoms with Crippen LogP contribution in [-0.4, -0.2) is 19.9 Å². The second kappa shape index (κ2) is 3.43. The highest BCUT2D eigenvalue weighted by atomic mass is 16.5. The second-order valence-corrected chi connectivity index (χ2v) is 4.94. The molecule has 2 heterocycles. The highest BCUT2D eigenvalue weighted by Gasteiger charge is 2.21. The minimum absolute atomic E-state index is 0.0189. The maximum atomic E-state index is 5.14. The van der Waals surface area contributed by atoms with E-state index in [-0.39, 0.29) is 5.41 Å². The fourth-order valence-electron chi connectivity index (χ4n) is 1.44. The van der Waals surface area contributed by atoms with Gasteiger partial charge in [0.05, 0.1) is 5.69 Å². The molecule has 5 nitrogen and oxygen atoms in total. The molecule has 0 spiro atoms. The Morgan fingerprint density at radius 1 is 1.31 bits per heavy atom. The molecule has 0 unspecified atom stereocenters. The van der Waals surface area contributed by atoms with Gasteiger partial charge in [-0.2, -0.15) is 10.1 Å². The summed E-state index contributed by atoms with van der Waals surface area (Å²) in [6, 6.07) is 1.99. The zero-order valence-electron chi connectivity index (χ0n) is 10.3. The largest absolute Gasteiger partial charge is 0.332 e. The predicted molar refractivity (Wildman–Crippen MR) is 59.9 cm³/mol. The molecule has 2 aromatic heterocycles. The SMILES string of the molecule is Cc1noc(-c2cc(C(C)(C)C)nn2C)n1. The van der Waals surface area contributed by atoms with Gasteiger partial charge in [-0.1, -0.05) is 25.9 Å². The van der Waals surface area contributed by atoms with Gasteiger partial charge in [0, 0.05) is 12.5 Å². The van der Waals surface area contributed by atoms with Crippen LogP contribution in [0.5, 0.6) is 0 Å². The van der Waals surface area contributed by atoms with Crippen LogP contribution in [0.25, 0.3) is 11.6 Å². The average Bonchev–Trinajstić information content (AvgIpc) is 2.70. The van der Waals surface area contributed by atoms with Gasteiger partial charge in [0.1, 0.15) is 5.69 Å². The van der Waals surface area contributed by atoms with Crippen molar-refractivity contribution in [3.05, 3.63) is 17.6 Å². The summed E-state index contributed by atoms with van der Waals surface area (Å²) in [5.41, 5.74) is 1.89. The molecule has 0 aliphatic carbocycles. The number of hydrogen-bond acceptors (Lipinski definition) is 4. The van der Waals surface area contributed by atoms with E-state index in [0.717, 1.165) is 11.4 Å². The molecule has 16 heavy (non-hydrogen) atoms. The van der Waals surface area contributed by atoms with Gasteiger partial charge in [-0.15, -0.1) is 0 Å². The fourth-order valence-corrected chi connectivity index (χ4v) is 1.44. The maximum Gasteiger partial charge on any atom is 0.276 e. The standard InChI is InChI=1S/C11H16N4O/c1-7-12-10(16-14-7)8-6-9(11(2,3)4)13-15(8)5/h6H,1-5H3. The van der Waals surface area contributed by atoms with Gasteiger partial charge in [-0.3, -0.25) is 4.68 Å². The van der Waals surface area contributed by atoms with Crippen molar-refractivity contribution in [3.8, 4) is 11.6 Å². The van der Waals surface area contributed by atoms with Crippen LogP contribution >= 0.6 is 0 Å². The van der Waals surface area contributed by atoms with Crippen molar-refractivity contribution in [2.75, 3.05) is 0 Å². The molecule has 0 N–H and O–H groups in total. The first-order chi connectivity index (χ1) is 7.38. The van der Waals surface area contributed by atoms with Gasteiger partial charge in [-0.05, 0) is 13.0 Å². The molecule has 0 saturated heterocycles. The summed E-state index contributed by atoms with van der Waals surface area (Å²) in [4.78, 5) is 4.20. The lowest BCUT2D eigenvalue weighted by atomic mass is 9.92. The molecule has 2 rings (SSSR count). The summed E-state index contributed by atoms with van der Waals surface area (Å²) >= 11 is 0. The first kappa shape index (κ1) is 10.9. The molecule has 0 fully saturated rings. The molecule has 0 amide bonds. The van der Waals surface area contributed by atoms with Crippen LogP contribution in [0.3, 0.4) is 0 Å². The number of rotatable bonds is 1. The van der Waals surface area contributed by atoms with Crippen molar-refractivity contribution in [2.45, 2.75) is 33.1 Å². The summed E-state index contributed by atoms with van der Waals surface area (Å²) < 4.78 is 6.91. The Labute approximate surface area is 94.5 Å². The van der Waals surface area contributed by atoms with Crippen molar-refractivity contribution in [1.82, 2.24) is 19.9 Å². The van der Waals surface area contributed by atoms with E-state index in [1.165, 1.54) is 0 Å². The molecule has 0 aromatic carbocycles. The van der Waals surface area contributed by atoms with Crippen molar-refractivity contribution in [1.29, 1.82) is 0 Å². The van der Waals surface area contributed by atoms with Gasteiger partial charge < -0.3 is 4.52 Å². The van der Waals surface area contributed by atoms with Crippen LogP contribution in [0.15, 0.2) is 10.6 Å². The third-order valence-corrected chi connectivity index (χ3v) is 2.39. The normalized spacial score (nSPS) is 12.1. The van der Waals surface area contributed by atoms with Crippen LogP contribution in [0.2, 0.25) is 0 Å². The summed E-state index contributed by atoms with van der Waals surface area (Å²) in [5, 5.41) is 8.23. The number of aromatic nitrogens is 4. The third-order valence-electron chi connectivity index (χ3n) is 2.39. The first-order valence-electron chi connectivity index (χ1n) is 5.23. The van der Waals surface area contributed by atoms with Crippen molar-refractivity contribution < 1.29 is 4.52 Å². The molecular weight excluding hydrogens is 204 g/mol. The van der Waals surface area contributed by atoms with Gasteiger partial charge >= 0.3 is 0 Å². The van der Waals surface area contributed by atoms with E-state index in [2.05, 4.69) is 36.0 Å². The van der Waals surface area contributed by atoms with Gasteiger partial charge in [0.15, 0.2) is 5.82 Å². The van der Waals surface area contributed by atoms with Crippen LogP contribution in [0.1, 0.15) is 32.3 Å². The Kier molecular flexibility index (Phi) is 2.33. The molecular formula is C11H16N4O. The van der Waals surface area contributed by atoms with Crippen LogP contribution in [0, 0.1) is 6.92 Å². The van der Waals surface area contributed by atoms with E-state index in [0.29, 0.717) is 11.7 Å². The average molecular weight is 220 g/mol. The van der Waals surface area contributed by atoms with Crippen LogP contribution in [0.4, 0.5) is 0 Å². The predicted octanol–water partition coefficient (Wildman–Crippen LogP) is 2.08. The molecule has 0 saturated carbocycles. The molecule has 0 radical (unpaired) electrons. The monoisotopic (exact) mass is 220 g/mol. The Morgan fingerprint density at radius 2 is 2.00 bits per heavy atom. The first-order valence-corrected chi connectivity index (χ1v) is 5.23. The number of hydrogen-bond donors (Lipinski definition) is 0. The van der Waals surface area contributed by atoms with Gasteiger partial charge in [-0.25, -0.2) is 0 Å².